The third-order valence-corrected chi connectivity index (χ3v) is 4.25. The number of rotatable bonds is 5. The molecule has 1 N–H and O–H groups in total. The van der Waals surface area contributed by atoms with Gasteiger partial charge in [0, 0.05) is 16.7 Å². The van der Waals surface area contributed by atoms with Gasteiger partial charge in [-0.1, -0.05) is 23.2 Å². The second-order valence-corrected chi connectivity index (χ2v) is 6.47. The normalized spacial score (nSPS) is 13.2. The summed E-state index contributed by atoms with van der Waals surface area (Å²) < 4.78 is 16.1. The largest absolute Gasteiger partial charge is 0.479 e. The number of hydrogen-bond donors (Lipinski definition) is 1. The molecule has 8 heteroatoms. The van der Waals surface area contributed by atoms with Crippen LogP contribution in [0.3, 0.4) is 0 Å². The SMILES string of the molecule is CC(=O)c1cc2c(cc1NC(=O)C(C)Oc1ccc(Cl)cc1Cl)OCO2. The summed E-state index contributed by atoms with van der Waals surface area (Å²) in [7, 11) is 0. The van der Waals surface area contributed by atoms with Crippen LogP contribution in [0, 0.1) is 0 Å². The first-order valence-corrected chi connectivity index (χ1v) is 8.48. The molecular formula is C18H15Cl2NO5. The number of anilines is 1. The van der Waals surface area contributed by atoms with Crippen LogP contribution in [0.2, 0.25) is 10.0 Å². The maximum absolute atomic E-state index is 12.5. The van der Waals surface area contributed by atoms with Gasteiger partial charge in [0.25, 0.3) is 5.91 Å². The summed E-state index contributed by atoms with van der Waals surface area (Å²) in [4.78, 5) is 24.4. The fourth-order valence-electron chi connectivity index (χ4n) is 2.39. The second-order valence-electron chi connectivity index (χ2n) is 5.63. The molecule has 0 aromatic heterocycles. The van der Waals surface area contributed by atoms with Gasteiger partial charge in [0.15, 0.2) is 23.4 Å². The summed E-state index contributed by atoms with van der Waals surface area (Å²) in [6.07, 6.45) is -0.862. The zero-order valence-corrected chi connectivity index (χ0v) is 15.5. The molecule has 0 radical (unpaired) electrons. The quantitative estimate of drug-likeness (QED) is 0.762. The predicted octanol–water partition coefficient (Wildman–Crippen LogP) is 4.33. The Morgan fingerprint density at radius 3 is 2.50 bits per heavy atom. The molecule has 1 aliphatic heterocycles. The van der Waals surface area contributed by atoms with Crippen molar-refractivity contribution < 1.29 is 23.8 Å². The van der Waals surface area contributed by atoms with Gasteiger partial charge in [0.2, 0.25) is 6.79 Å². The molecular weight excluding hydrogens is 381 g/mol. The average Bonchev–Trinajstić information content (AvgIpc) is 3.03. The lowest BCUT2D eigenvalue weighted by Crippen LogP contribution is -2.30. The molecule has 0 saturated heterocycles. The molecule has 2 aromatic carbocycles. The van der Waals surface area contributed by atoms with Gasteiger partial charge in [-0.2, -0.15) is 0 Å². The highest BCUT2D eigenvalue weighted by Gasteiger charge is 2.23. The third-order valence-electron chi connectivity index (χ3n) is 3.72. The van der Waals surface area contributed by atoms with Crippen molar-refractivity contribution in [1.82, 2.24) is 0 Å². The molecule has 0 spiro atoms. The van der Waals surface area contributed by atoms with E-state index in [2.05, 4.69) is 5.32 Å². The monoisotopic (exact) mass is 395 g/mol. The van der Waals surface area contributed by atoms with Gasteiger partial charge in [0.05, 0.1) is 10.7 Å². The van der Waals surface area contributed by atoms with Crippen molar-refractivity contribution in [2.75, 3.05) is 12.1 Å². The average molecular weight is 396 g/mol. The van der Waals surface area contributed by atoms with Gasteiger partial charge in [-0.25, -0.2) is 0 Å². The van der Waals surface area contributed by atoms with E-state index in [1.54, 1.807) is 31.2 Å². The maximum Gasteiger partial charge on any atom is 0.265 e. The van der Waals surface area contributed by atoms with Gasteiger partial charge >= 0.3 is 0 Å². The van der Waals surface area contributed by atoms with E-state index in [9.17, 15) is 9.59 Å². The van der Waals surface area contributed by atoms with Crippen molar-refractivity contribution in [3.05, 3.63) is 45.9 Å². The van der Waals surface area contributed by atoms with E-state index >= 15 is 0 Å². The smallest absolute Gasteiger partial charge is 0.265 e. The van der Waals surface area contributed by atoms with Crippen LogP contribution in [0.25, 0.3) is 0 Å². The summed E-state index contributed by atoms with van der Waals surface area (Å²) in [6.45, 7) is 3.04. The van der Waals surface area contributed by atoms with Crippen LogP contribution in [0.5, 0.6) is 17.2 Å². The standard InChI is InChI=1S/C18H15Cl2NO5/c1-9(22)12-6-16-17(25-8-24-16)7-14(12)21-18(23)10(2)26-15-4-3-11(19)5-13(15)20/h3-7,10H,8H2,1-2H3,(H,21,23). The summed E-state index contributed by atoms with van der Waals surface area (Å²) in [5, 5.41) is 3.44. The molecule has 1 heterocycles. The van der Waals surface area contributed by atoms with E-state index in [1.165, 1.54) is 13.0 Å². The Bertz CT molecular complexity index is 884. The summed E-state index contributed by atoms with van der Waals surface area (Å²) in [5.74, 6) is 0.589. The first-order valence-electron chi connectivity index (χ1n) is 7.72. The highest BCUT2D eigenvalue weighted by atomic mass is 35.5. The second kappa shape index (κ2) is 7.43. The topological polar surface area (TPSA) is 73.9 Å². The third kappa shape index (κ3) is 3.86. The fraction of sp³-hybridized carbons (Fsp3) is 0.222. The molecule has 0 saturated carbocycles. The first-order chi connectivity index (χ1) is 12.3. The molecule has 0 aliphatic carbocycles. The molecule has 3 rings (SSSR count). The number of ketones is 1. The van der Waals surface area contributed by atoms with Crippen LogP contribution in [-0.4, -0.2) is 24.6 Å². The molecule has 1 atom stereocenters. The number of Topliss-reactive ketones (excluding diaryl/α,β-unsaturated/α-hetero) is 1. The number of halogens is 2. The van der Waals surface area contributed by atoms with E-state index < -0.39 is 12.0 Å². The predicted molar refractivity (Wildman–Crippen MR) is 97.8 cm³/mol. The molecule has 1 aliphatic rings. The Labute approximate surface area is 159 Å². The van der Waals surface area contributed by atoms with Gasteiger partial charge in [-0.3, -0.25) is 9.59 Å². The zero-order chi connectivity index (χ0) is 18.8. The van der Waals surface area contributed by atoms with Crippen molar-refractivity contribution >= 4 is 40.6 Å². The Hall–Kier alpha value is -2.44. The fourth-order valence-corrected chi connectivity index (χ4v) is 2.84. The van der Waals surface area contributed by atoms with Crippen LogP contribution >= 0.6 is 23.2 Å². The van der Waals surface area contributed by atoms with Crippen LogP contribution in [-0.2, 0) is 4.79 Å². The summed E-state index contributed by atoms with van der Waals surface area (Å²) in [5.41, 5.74) is 0.642. The van der Waals surface area contributed by atoms with Crippen molar-refractivity contribution in [3.63, 3.8) is 0 Å². The van der Waals surface area contributed by atoms with Crippen LogP contribution in [0.4, 0.5) is 5.69 Å². The number of ether oxygens (including phenoxy) is 3. The molecule has 0 bridgehead atoms. The van der Waals surface area contributed by atoms with E-state index in [0.717, 1.165) is 0 Å². The maximum atomic E-state index is 12.5. The number of carbonyl (C=O) groups is 2. The Kier molecular flexibility index (Phi) is 5.25. The highest BCUT2D eigenvalue weighted by Crippen LogP contribution is 2.37. The minimum Gasteiger partial charge on any atom is -0.479 e. The van der Waals surface area contributed by atoms with Gasteiger partial charge in [-0.15, -0.1) is 0 Å². The molecule has 1 unspecified atom stereocenters. The molecule has 136 valence electrons. The van der Waals surface area contributed by atoms with Gasteiger partial charge in [0.1, 0.15) is 5.75 Å². The summed E-state index contributed by atoms with van der Waals surface area (Å²) >= 11 is 11.9. The first kappa shape index (κ1) is 18.4. The van der Waals surface area contributed by atoms with E-state index in [1.807, 2.05) is 0 Å². The van der Waals surface area contributed by atoms with Gasteiger partial charge < -0.3 is 19.5 Å². The van der Waals surface area contributed by atoms with Crippen molar-refractivity contribution in [2.24, 2.45) is 0 Å². The van der Waals surface area contributed by atoms with E-state index in [-0.39, 0.29) is 12.6 Å². The molecule has 2 aromatic rings. The lowest BCUT2D eigenvalue weighted by molar-refractivity contribution is -0.122. The number of benzene rings is 2. The van der Waals surface area contributed by atoms with Crippen LogP contribution < -0.4 is 19.5 Å². The lowest BCUT2D eigenvalue weighted by Gasteiger charge is -2.17. The highest BCUT2D eigenvalue weighted by molar-refractivity contribution is 6.35. The zero-order valence-electron chi connectivity index (χ0n) is 14.0. The van der Waals surface area contributed by atoms with Crippen molar-refractivity contribution in [1.29, 1.82) is 0 Å². The number of amides is 1. The molecule has 0 fully saturated rings. The van der Waals surface area contributed by atoms with E-state index in [0.29, 0.717) is 38.5 Å². The summed E-state index contributed by atoms with van der Waals surface area (Å²) in [6, 6.07) is 7.81. The Morgan fingerprint density at radius 1 is 1.15 bits per heavy atom. The molecule has 26 heavy (non-hydrogen) atoms. The minimum absolute atomic E-state index is 0.0681. The lowest BCUT2D eigenvalue weighted by atomic mass is 10.1. The number of fused-ring (bicyclic) bond motifs is 1. The minimum atomic E-state index is -0.862. The van der Waals surface area contributed by atoms with Crippen molar-refractivity contribution in [2.45, 2.75) is 20.0 Å². The Balaban J connectivity index is 1.78. The van der Waals surface area contributed by atoms with Gasteiger partial charge in [-0.05, 0) is 38.1 Å². The number of nitrogens with one attached hydrogen (secondary N) is 1. The Morgan fingerprint density at radius 2 is 1.85 bits per heavy atom. The van der Waals surface area contributed by atoms with E-state index in [4.69, 9.17) is 37.4 Å². The number of hydrogen-bond acceptors (Lipinski definition) is 5. The molecule has 6 nitrogen and oxygen atoms in total. The molecule has 1 amide bonds. The van der Waals surface area contributed by atoms with Crippen molar-refractivity contribution in [3.8, 4) is 17.2 Å². The number of carbonyl (C=O) groups excluding carboxylic acids is 2. The van der Waals surface area contributed by atoms with Crippen LogP contribution in [0.15, 0.2) is 30.3 Å². The van der Waals surface area contributed by atoms with Crippen LogP contribution in [0.1, 0.15) is 24.2 Å².